The van der Waals surface area contributed by atoms with Gasteiger partial charge in [0, 0.05) is 71.6 Å². The molecule has 0 saturated carbocycles. The Bertz CT molecular complexity index is 1750. The SMILES string of the molecule is C=C(/C(F)=C(Cc1nc2c(-c3ccccc3F)cncc2[nH]1)\C(N)=C/C)c1cncc(CNCc2ccccc2)c1. The van der Waals surface area contributed by atoms with Crippen LogP contribution in [0.15, 0.2) is 115 Å². The van der Waals surface area contributed by atoms with Crippen molar-refractivity contribution in [1.82, 2.24) is 25.3 Å². The van der Waals surface area contributed by atoms with Crippen LogP contribution in [-0.4, -0.2) is 19.9 Å². The van der Waals surface area contributed by atoms with Crippen molar-refractivity contribution in [1.29, 1.82) is 0 Å². The molecule has 206 valence electrons. The molecule has 0 radical (unpaired) electrons. The molecule has 2 aromatic carbocycles. The van der Waals surface area contributed by atoms with Crippen LogP contribution in [0.3, 0.4) is 0 Å². The predicted molar refractivity (Wildman–Crippen MR) is 159 cm³/mol. The number of hydrogen-bond donors (Lipinski definition) is 3. The lowest BCUT2D eigenvalue weighted by molar-refractivity contribution is 0.631. The number of nitrogens with one attached hydrogen (secondary N) is 2. The molecule has 3 heterocycles. The first-order valence-corrected chi connectivity index (χ1v) is 13.2. The van der Waals surface area contributed by atoms with E-state index in [9.17, 15) is 4.39 Å². The normalized spacial score (nSPS) is 12.4. The summed E-state index contributed by atoms with van der Waals surface area (Å²) in [4.78, 5) is 16.4. The van der Waals surface area contributed by atoms with Crippen molar-refractivity contribution in [2.75, 3.05) is 0 Å². The minimum atomic E-state index is -0.551. The number of pyridine rings is 2. The molecule has 0 aliphatic heterocycles. The van der Waals surface area contributed by atoms with Crippen LogP contribution in [0.1, 0.15) is 29.4 Å². The second kappa shape index (κ2) is 12.5. The van der Waals surface area contributed by atoms with Crippen LogP contribution in [0.4, 0.5) is 8.78 Å². The lowest BCUT2D eigenvalue weighted by Gasteiger charge is -2.12. The highest BCUT2D eigenvalue weighted by Gasteiger charge is 2.19. The zero-order valence-corrected chi connectivity index (χ0v) is 22.7. The average Bonchev–Trinajstić information content (AvgIpc) is 3.43. The minimum Gasteiger partial charge on any atom is -0.399 e. The van der Waals surface area contributed by atoms with Crippen LogP contribution >= 0.6 is 0 Å². The van der Waals surface area contributed by atoms with Gasteiger partial charge >= 0.3 is 0 Å². The molecule has 0 spiro atoms. The molecule has 0 bridgehead atoms. The van der Waals surface area contributed by atoms with Crippen molar-refractivity contribution < 1.29 is 8.78 Å². The lowest BCUT2D eigenvalue weighted by Crippen LogP contribution is -2.13. The molecule has 0 fully saturated rings. The van der Waals surface area contributed by atoms with Gasteiger partial charge in [-0.05, 0) is 30.2 Å². The summed E-state index contributed by atoms with van der Waals surface area (Å²) < 4.78 is 30.6. The molecule has 3 aromatic heterocycles. The van der Waals surface area contributed by atoms with Gasteiger partial charge in [-0.25, -0.2) is 13.8 Å². The van der Waals surface area contributed by atoms with Crippen molar-refractivity contribution in [3.63, 3.8) is 0 Å². The maximum absolute atomic E-state index is 16.0. The van der Waals surface area contributed by atoms with Gasteiger partial charge in [0.15, 0.2) is 0 Å². The van der Waals surface area contributed by atoms with Crippen LogP contribution in [0.5, 0.6) is 0 Å². The molecule has 0 atom stereocenters. The number of halogens is 2. The van der Waals surface area contributed by atoms with Crippen molar-refractivity contribution in [2.45, 2.75) is 26.4 Å². The summed E-state index contributed by atoms with van der Waals surface area (Å²) in [5, 5.41) is 3.38. The van der Waals surface area contributed by atoms with Gasteiger partial charge < -0.3 is 16.0 Å². The second-order valence-corrected chi connectivity index (χ2v) is 9.61. The maximum Gasteiger partial charge on any atom is 0.136 e. The van der Waals surface area contributed by atoms with E-state index < -0.39 is 5.83 Å². The number of imidazole rings is 1. The highest BCUT2D eigenvalue weighted by Crippen LogP contribution is 2.31. The maximum atomic E-state index is 16.0. The Morgan fingerprint density at radius 3 is 2.46 bits per heavy atom. The fourth-order valence-electron chi connectivity index (χ4n) is 4.60. The molecule has 0 unspecified atom stereocenters. The number of aromatic nitrogens is 4. The molecular formula is C33H30F2N6. The van der Waals surface area contributed by atoms with Crippen molar-refractivity contribution in [3.05, 3.63) is 144 Å². The van der Waals surface area contributed by atoms with E-state index in [2.05, 4.69) is 44.0 Å². The van der Waals surface area contributed by atoms with Crippen molar-refractivity contribution in [3.8, 4) is 11.1 Å². The van der Waals surface area contributed by atoms with Crippen LogP contribution in [0.2, 0.25) is 0 Å². The molecule has 41 heavy (non-hydrogen) atoms. The standard InChI is InChI=1S/C33H30F2N6/c1-3-29(36)26(14-31-40-30-20-39-19-27(33(30)41-31)25-11-7-8-12-28(25)34)32(35)21(2)24-13-23(17-38-18-24)16-37-15-22-9-5-4-6-10-22/h3-13,17-20,37H,2,14-16,36H2,1H3,(H,40,41)/b29-3+,32-26+. The third kappa shape index (κ3) is 6.28. The Balaban J connectivity index is 1.40. The molecule has 6 nitrogen and oxygen atoms in total. The Kier molecular flexibility index (Phi) is 8.41. The van der Waals surface area contributed by atoms with Gasteiger partial charge in [0.25, 0.3) is 0 Å². The third-order valence-electron chi connectivity index (χ3n) is 6.79. The summed E-state index contributed by atoms with van der Waals surface area (Å²) in [7, 11) is 0. The van der Waals surface area contributed by atoms with Crippen LogP contribution in [0.25, 0.3) is 27.7 Å². The Hall–Kier alpha value is -4.95. The molecular weight excluding hydrogens is 518 g/mol. The van der Waals surface area contributed by atoms with E-state index in [0.29, 0.717) is 46.6 Å². The van der Waals surface area contributed by atoms with Gasteiger partial charge in [-0.2, -0.15) is 0 Å². The van der Waals surface area contributed by atoms with E-state index in [-0.39, 0.29) is 29.1 Å². The number of nitrogens with two attached hydrogens (primary N) is 1. The van der Waals surface area contributed by atoms with Gasteiger partial charge in [-0.15, -0.1) is 0 Å². The summed E-state index contributed by atoms with van der Waals surface area (Å²) in [6.07, 6.45) is 8.21. The van der Waals surface area contributed by atoms with E-state index in [0.717, 1.165) is 5.56 Å². The molecule has 0 aliphatic rings. The molecule has 5 aromatic rings. The largest absolute Gasteiger partial charge is 0.399 e. The number of allylic oxidation sites excluding steroid dienone is 4. The van der Waals surface area contributed by atoms with E-state index in [1.165, 1.54) is 11.6 Å². The first-order chi connectivity index (χ1) is 19.9. The van der Waals surface area contributed by atoms with E-state index >= 15 is 4.39 Å². The van der Waals surface area contributed by atoms with Gasteiger partial charge in [-0.3, -0.25) is 9.97 Å². The predicted octanol–water partition coefficient (Wildman–Crippen LogP) is 6.79. The van der Waals surface area contributed by atoms with Gasteiger partial charge in [-0.1, -0.05) is 61.2 Å². The first kappa shape index (κ1) is 27.6. The second-order valence-electron chi connectivity index (χ2n) is 9.61. The van der Waals surface area contributed by atoms with E-state index in [1.54, 1.807) is 56.0 Å². The number of rotatable bonds is 10. The fourth-order valence-corrected chi connectivity index (χ4v) is 4.60. The molecule has 0 saturated heterocycles. The third-order valence-corrected chi connectivity index (χ3v) is 6.79. The van der Waals surface area contributed by atoms with Gasteiger partial charge in [0.2, 0.25) is 0 Å². The zero-order chi connectivity index (χ0) is 28.8. The molecule has 8 heteroatoms. The van der Waals surface area contributed by atoms with Gasteiger partial charge in [0.1, 0.15) is 17.5 Å². The fraction of sp³-hybridized carbons (Fsp3) is 0.121. The molecule has 0 aliphatic carbocycles. The monoisotopic (exact) mass is 548 g/mol. The topological polar surface area (TPSA) is 92.5 Å². The quantitative estimate of drug-likeness (QED) is 0.167. The first-order valence-electron chi connectivity index (χ1n) is 13.2. The van der Waals surface area contributed by atoms with Crippen LogP contribution in [-0.2, 0) is 19.5 Å². The molecule has 4 N–H and O–H groups in total. The number of benzene rings is 2. The molecule has 5 rings (SSSR count). The summed E-state index contributed by atoms with van der Waals surface area (Å²) >= 11 is 0. The Morgan fingerprint density at radius 2 is 1.68 bits per heavy atom. The Morgan fingerprint density at radius 1 is 0.951 bits per heavy atom. The summed E-state index contributed by atoms with van der Waals surface area (Å²) in [6, 6.07) is 18.4. The number of hydrogen-bond acceptors (Lipinski definition) is 5. The summed E-state index contributed by atoms with van der Waals surface area (Å²) in [6.45, 7) is 7.03. The van der Waals surface area contributed by atoms with E-state index in [1.807, 2.05) is 24.3 Å². The Labute approximate surface area is 237 Å². The molecule has 0 amide bonds. The van der Waals surface area contributed by atoms with Crippen molar-refractivity contribution in [2.24, 2.45) is 5.73 Å². The van der Waals surface area contributed by atoms with Gasteiger partial charge in [0.05, 0.1) is 17.2 Å². The van der Waals surface area contributed by atoms with Crippen molar-refractivity contribution >= 4 is 16.6 Å². The smallest absolute Gasteiger partial charge is 0.136 e. The lowest BCUT2D eigenvalue weighted by atomic mass is 9.99. The average molecular weight is 549 g/mol. The highest BCUT2D eigenvalue weighted by atomic mass is 19.1. The number of aromatic amines is 1. The van der Waals surface area contributed by atoms with Crippen LogP contribution in [0, 0.1) is 5.82 Å². The van der Waals surface area contributed by atoms with Crippen LogP contribution < -0.4 is 11.1 Å². The zero-order valence-electron chi connectivity index (χ0n) is 22.7. The van der Waals surface area contributed by atoms with E-state index in [4.69, 9.17) is 5.73 Å². The highest BCUT2D eigenvalue weighted by molar-refractivity contribution is 5.91. The summed E-state index contributed by atoms with van der Waals surface area (Å²) in [5.74, 6) is -0.464. The number of H-pyrrole nitrogens is 1. The minimum absolute atomic E-state index is 0.0676. The number of nitrogens with zero attached hydrogens (tertiary/aromatic N) is 3. The summed E-state index contributed by atoms with van der Waals surface area (Å²) in [5.41, 5.74) is 11.6. The number of fused-ring (bicyclic) bond motifs is 1.